The molecule has 0 aliphatic heterocycles. The Morgan fingerprint density at radius 2 is 1.95 bits per heavy atom. The van der Waals surface area contributed by atoms with Gasteiger partial charge in [0.25, 0.3) is 5.91 Å². The van der Waals surface area contributed by atoms with Gasteiger partial charge in [-0.15, -0.1) is 0 Å². The minimum absolute atomic E-state index is 0.196. The first-order valence-electron chi connectivity index (χ1n) is 6.69. The molecule has 0 saturated carbocycles. The maximum absolute atomic E-state index is 11.9. The van der Waals surface area contributed by atoms with Crippen LogP contribution in [-0.2, 0) is 6.42 Å². The SMILES string of the molecule is COc1ccc(CCNC(=O)c2occc2C)cc1OC. The van der Waals surface area contributed by atoms with E-state index in [0.717, 1.165) is 11.1 Å². The lowest BCUT2D eigenvalue weighted by Crippen LogP contribution is -2.25. The number of hydrogen-bond donors (Lipinski definition) is 1. The fourth-order valence-corrected chi connectivity index (χ4v) is 2.04. The zero-order chi connectivity index (χ0) is 15.2. The molecular weight excluding hydrogens is 270 g/mol. The normalized spacial score (nSPS) is 10.2. The highest BCUT2D eigenvalue weighted by atomic mass is 16.5. The van der Waals surface area contributed by atoms with Gasteiger partial charge in [-0.1, -0.05) is 6.07 Å². The van der Waals surface area contributed by atoms with Gasteiger partial charge in [-0.2, -0.15) is 0 Å². The zero-order valence-electron chi connectivity index (χ0n) is 12.4. The number of carbonyl (C=O) groups is 1. The van der Waals surface area contributed by atoms with Crippen LogP contribution in [0.15, 0.2) is 34.9 Å². The molecule has 1 aromatic heterocycles. The molecule has 0 unspecified atom stereocenters. The molecule has 0 radical (unpaired) electrons. The predicted octanol–water partition coefficient (Wildman–Crippen LogP) is 2.58. The minimum atomic E-state index is -0.196. The van der Waals surface area contributed by atoms with Crippen LogP contribution >= 0.6 is 0 Å². The van der Waals surface area contributed by atoms with Crippen LogP contribution in [0, 0.1) is 6.92 Å². The molecule has 5 heteroatoms. The predicted molar refractivity (Wildman–Crippen MR) is 79.0 cm³/mol. The molecule has 21 heavy (non-hydrogen) atoms. The standard InChI is InChI=1S/C16H19NO4/c1-11-7-9-21-15(11)16(18)17-8-6-12-4-5-13(19-2)14(10-12)20-3/h4-5,7,9-10H,6,8H2,1-3H3,(H,17,18). The van der Waals surface area contributed by atoms with Crippen LogP contribution < -0.4 is 14.8 Å². The molecule has 0 saturated heterocycles. The van der Waals surface area contributed by atoms with E-state index in [9.17, 15) is 4.79 Å². The van der Waals surface area contributed by atoms with Crippen molar-refractivity contribution < 1.29 is 18.7 Å². The second kappa shape index (κ2) is 6.83. The topological polar surface area (TPSA) is 60.7 Å². The molecule has 1 heterocycles. The summed E-state index contributed by atoms with van der Waals surface area (Å²) in [4.78, 5) is 11.9. The maximum atomic E-state index is 11.9. The summed E-state index contributed by atoms with van der Waals surface area (Å²) in [5.74, 6) is 1.54. The smallest absolute Gasteiger partial charge is 0.287 e. The molecule has 1 amide bonds. The van der Waals surface area contributed by atoms with Crippen molar-refractivity contribution in [2.45, 2.75) is 13.3 Å². The molecule has 5 nitrogen and oxygen atoms in total. The fraction of sp³-hybridized carbons (Fsp3) is 0.312. The third kappa shape index (κ3) is 3.56. The van der Waals surface area contributed by atoms with Crippen LogP contribution in [0.2, 0.25) is 0 Å². The summed E-state index contributed by atoms with van der Waals surface area (Å²) in [6, 6.07) is 7.48. The Morgan fingerprint density at radius 1 is 1.19 bits per heavy atom. The molecule has 0 aliphatic carbocycles. The van der Waals surface area contributed by atoms with E-state index >= 15 is 0 Å². The Kier molecular flexibility index (Phi) is 4.87. The number of furan rings is 1. The van der Waals surface area contributed by atoms with Gasteiger partial charge in [-0.25, -0.2) is 0 Å². The summed E-state index contributed by atoms with van der Waals surface area (Å²) in [5, 5.41) is 2.84. The highest BCUT2D eigenvalue weighted by molar-refractivity contribution is 5.92. The molecule has 1 aromatic carbocycles. The highest BCUT2D eigenvalue weighted by Gasteiger charge is 2.12. The Morgan fingerprint density at radius 3 is 2.57 bits per heavy atom. The van der Waals surface area contributed by atoms with E-state index in [-0.39, 0.29) is 5.91 Å². The van der Waals surface area contributed by atoms with Crippen molar-refractivity contribution >= 4 is 5.91 Å². The van der Waals surface area contributed by atoms with E-state index in [4.69, 9.17) is 13.9 Å². The fourth-order valence-electron chi connectivity index (χ4n) is 2.04. The van der Waals surface area contributed by atoms with Crippen molar-refractivity contribution in [1.29, 1.82) is 0 Å². The number of nitrogens with one attached hydrogen (secondary N) is 1. The van der Waals surface area contributed by atoms with Crippen LogP contribution in [0.25, 0.3) is 0 Å². The number of rotatable bonds is 6. The summed E-state index contributed by atoms with van der Waals surface area (Å²) in [7, 11) is 3.20. The summed E-state index contributed by atoms with van der Waals surface area (Å²) in [6.45, 7) is 2.36. The van der Waals surface area contributed by atoms with Gasteiger partial charge in [-0.3, -0.25) is 4.79 Å². The summed E-state index contributed by atoms with van der Waals surface area (Å²) >= 11 is 0. The molecule has 2 rings (SSSR count). The molecule has 1 N–H and O–H groups in total. The van der Waals surface area contributed by atoms with E-state index in [0.29, 0.717) is 30.2 Å². The number of methoxy groups -OCH3 is 2. The third-order valence-electron chi connectivity index (χ3n) is 3.22. The average Bonchev–Trinajstić information content (AvgIpc) is 2.93. The van der Waals surface area contributed by atoms with Crippen LogP contribution in [-0.4, -0.2) is 26.7 Å². The van der Waals surface area contributed by atoms with Gasteiger partial charge in [0.15, 0.2) is 17.3 Å². The summed E-state index contributed by atoms with van der Waals surface area (Å²) in [6.07, 6.45) is 2.21. The highest BCUT2D eigenvalue weighted by Crippen LogP contribution is 2.27. The van der Waals surface area contributed by atoms with Crippen molar-refractivity contribution in [3.63, 3.8) is 0 Å². The molecule has 112 valence electrons. The molecule has 0 atom stereocenters. The van der Waals surface area contributed by atoms with Crippen molar-refractivity contribution in [3.8, 4) is 11.5 Å². The number of amides is 1. The zero-order valence-corrected chi connectivity index (χ0v) is 12.4. The van der Waals surface area contributed by atoms with E-state index in [2.05, 4.69) is 5.32 Å². The van der Waals surface area contributed by atoms with Crippen LogP contribution in [0.1, 0.15) is 21.7 Å². The molecule has 0 spiro atoms. The van der Waals surface area contributed by atoms with Crippen LogP contribution in [0.3, 0.4) is 0 Å². The number of aryl methyl sites for hydroxylation is 1. The van der Waals surface area contributed by atoms with E-state index in [1.165, 1.54) is 6.26 Å². The van der Waals surface area contributed by atoms with Crippen molar-refractivity contribution in [3.05, 3.63) is 47.4 Å². The Hall–Kier alpha value is -2.43. The molecular formula is C16H19NO4. The second-order valence-electron chi connectivity index (χ2n) is 4.63. The van der Waals surface area contributed by atoms with Crippen LogP contribution in [0.4, 0.5) is 0 Å². The third-order valence-corrected chi connectivity index (χ3v) is 3.22. The van der Waals surface area contributed by atoms with Gasteiger partial charge < -0.3 is 19.2 Å². The quantitative estimate of drug-likeness (QED) is 0.888. The molecule has 2 aromatic rings. The largest absolute Gasteiger partial charge is 0.493 e. The number of hydrogen-bond acceptors (Lipinski definition) is 4. The van der Waals surface area contributed by atoms with E-state index in [1.54, 1.807) is 20.3 Å². The minimum Gasteiger partial charge on any atom is -0.493 e. The van der Waals surface area contributed by atoms with Crippen molar-refractivity contribution in [2.75, 3.05) is 20.8 Å². The number of benzene rings is 1. The summed E-state index contributed by atoms with van der Waals surface area (Å²) < 4.78 is 15.6. The second-order valence-corrected chi connectivity index (χ2v) is 4.63. The van der Waals surface area contributed by atoms with Crippen molar-refractivity contribution in [1.82, 2.24) is 5.32 Å². The maximum Gasteiger partial charge on any atom is 0.287 e. The Labute approximate surface area is 123 Å². The van der Waals surface area contributed by atoms with Gasteiger partial charge in [0, 0.05) is 12.1 Å². The van der Waals surface area contributed by atoms with Crippen LogP contribution in [0.5, 0.6) is 11.5 Å². The Bertz CT molecular complexity index is 618. The number of ether oxygens (including phenoxy) is 2. The van der Waals surface area contributed by atoms with Gasteiger partial charge in [0.2, 0.25) is 0 Å². The van der Waals surface area contributed by atoms with Gasteiger partial charge in [0.05, 0.1) is 20.5 Å². The van der Waals surface area contributed by atoms with Crippen molar-refractivity contribution in [2.24, 2.45) is 0 Å². The van der Waals surface area contributed by atoms with Gasteiger partial charge in [0.1, 0.15) is 0 Å². The van der Waals surface area contributed by atoms with E-state index < -0.39 is 0 Å². The number of carbonyl (C=O) groups excluding carboxylic acids is 1. The molecule has 0 bridgehead atoms. The first-order chi connectivity index (χ1) is 10.2. The molecule has 0 fully saturated rings. The summed E-state index contributed by atoms with van der Waals surface area (Å²) in [5.41, 5.74) is 1.89. The van der Waals surface area contributed by atoms with E-state index in [1.807, 2.05) is 25.1 Å². The lowest BCUT2D eigenvalue weighted by atomic mass is 10.1. The monoisotopic (exact) mass is 289 g/mol. The molecule has 0 aliphatic rings. The lowest BCUT2D eigenvalue weighted by molar-refractivity contribution is 0.0925. The first kappa shape index (κ1) is 15.0. The average molecular weight is 289 g/mol. The van der Waals surface area contributed by atoms with Gasteiger partial charge >= 0.3 is 0 Å². The first-order valence-corrected chi connectivity index (χ1v) is 6.69. The van der Waals surface area contributed by atoms with Gasteiger partial charge in [-0.05, 0) is 37.1 Å². The Balaban J connectivity index is 1.92. The lowest BCUT2D eigenvalue weighted by Gasteiger charge is -2.10.